The summed E-state index contributed by atoms with van der Waals surface area (Å²) in [6.45, 7) is 1.74. The third-order valence-electron chi connectivity index (χ3n) is 5.31. The van der Waals surface area contributed by atoms with E-state index in [2.05, 4.69) is 20.8 Å². The number of rotatable bonds is 8. The van der Waals surface area contributed by atoms with E-state index >= 15 is 0 Å². The van der Waals surface area contributed by atoms with Crippen LogP contribution in [0, 0.1) is 0 Å². The highest BCUT2D eigenvalue weighted by Gasteiger charge is 2.52. The van der Waals surface area contributed by atoms with Crippen LogP contribution in [0.2, 0.25) is 0 Å². The summed E-state index contributed by atoms with van der Waals surface area (Å²) in [4.78, 5) is 58.8. The molecule has 174 valence electrons. The van der Waals surface area contributed by atoms with Crippen LogP contribution in [0.5, 0.6) is 0 Å². The summed E-state index contributed by atoms with van der Waals surface area (Å²) in [6, 6.07) is -0.845. The van der Waals surface area contributed by atoms with Crippen LogP contribution in [0.1, 0.15) is 31.9 Å². The van der Waals surface area contributed by atoms with Crippen molar-refractivity contribution in [3.05, 3.63) is 35.0 Å². The van der Waals surface area contributed by atoms with Gasteiger partial charge in [0.15, 0.2) is 10.8 Å². The number of nitrogens with zero attached hydrogens (tertiary/aromatic N) is 3. The SMILES string of the molecule is CC1S[C@@H]2C(NC(=O)C(=NOC3C=CCCC3)c3csc(NC=O)n3)C(=O)N2C=C1C(=O)O. The quantitative estimate of drug-likeness (QED) is 0.162. The number of carboxylic acids is 1. The van der Waals surface area contributed by atoms with Crippen molar-refractivity contribution in [3.8, 4) is 0 Å². The van der Waals surface area contributed by atoms with Crippen molar-refractivity contribution in [2.75, 3.05) is 5.32 Å². The number of aliphatic carboxylic acids is 1. The first kappa shape index (κ1) is 23.0. The van der Waals surface area contributed by atoms with Gasteiger partial charge in [-0.1, -0.05) is 11.2 Å². The number of allylic oxidation sites excluding steroid dienone is 1. The maximum atomic E-state index is 13.1. The van der Waals surface area contributed by atoms with E-state index in [4.69, 9.17) is 4.84 Å². The lowest BCUT2D eigenvalue weighted by Crippen LogP contribution is -2.69. The fourth-order valence-electron chi connectivity index (χ4n) is 3.57. The van der Waals surface area contributed by atoms with Crippen molar-refractivity contribution >= 4 is 58.1 Å². The highest BCUT2D eigenvalue weighted by molar-refractivity contribution is 8.00. The van der Waals surface area contributed by atoms with Gasteiger partial charge in [0.2, 0.25) is 6.41 Å². The lowest BCUT2D eigenvalue weighted by atomic mass is 10.1. The van der Waals surface area contributed by atoms with Gasteiger partial charge in [-0.15, -0.1) is 23.1 Å². The van der Waals surface area contributed by atoms with E-state index in [0.717, 1.165) is 30.6 Å². The first-order valence-electron chi connectivity index (χ1n) is 10.2. The highest BCUT2D eigenvalue weighted by atomic mass is 32.2. The molecule has 1 aromatic heterocycles. The molecule has 3 N–H and O–H groups in total. The molecule has 0 bridgehead atoms. The number of aromatic nitrogens is 1. The summed E-state index contributed by atoms with van der Waals surface area (Å²) in [7, 11) is 0. The Morgan fingerprint density at radius 1 is 1.42 bits per heavy atom. The molecule has 0 radical (unpaired) electrons. The Bertz CT molecular complexity index is 1070. The minimum atomic E-state index is -1.08. The summed E-state index contributed by atoms with van der Waals surface area (Å²) < 4.78 is 0. The van der Waals surface area contributed by atoms with Gasteiger partial charge in [-0.2, -0.15) is 0 Å². The van der Waals surface area contributed by atoms with Crippen molar-refractivity contribution in [1.29, 1.82) is 0 Å². The standard InChI is InChI=1S/C20H21N5O6S2/c1-10-12(19(29)30)7-25-17(28)15(18(25)33-10)23-16(27)14(13-8-32-20(22-13)21-9-26)24-31-11-5-3-2-4-6-11/h3,5,7-11,15,18H,2,4,6H2,1H3,(H,23,27)(H,29,30)(H,21,22,26)/t10?,11?,15?,18-/m1/s1. The molecule has 2 aliphatic heterocycles. The van der Waals surface area contributed by atoms with Gasteiger partial charge in [0.25, 0.3) is 11.8 Å². The maximum absolute atomic E-state index is 13.1. The van der Waals surface area contributed by atoms with E-state index in [1.165, 1.54) is 22.9 Å². The number of carbonyl (C=O) groups excluding carboxylic acids is 3. The minimum absolute atomic E-state index is 0.119. The summed E-state index contributed by atoms with van der Waals surface area (Å²) in [5, 5.41) is 19.5. The van der Waals surface area contributed by atoms with Gasteiger partial charge >= 0.3 is 5.97 Å². The number of carbonyl (C=O) groups is 4. The molecule has 3 aliphatic rings. The molecule has 1 aliphatic carbocycles. The molecule has 11 nitrogen and oxygen atoms in total. The zero-order valence-corrected chi connectivity index (χ0v) is 19.1. The number of hydrogen-bond acceptors (Lipinski definition) is 9. The first-order chi connectivity index (χ1) is 15.9. The molecule has 0 saturated carbocycles. The Labute approximate surface area is 196 Å². The number of nitrogens with one attached hydrogen (secondary N) is 2. The second kappa shape index (κ2) is 9.75. The topological polar surface area (TPSA) is 150 Å². The minimum Gasteiger partial charge on any atom is -0.478 e. The molecule has 0 spiro atoms. The van der Waals surface area contributed by atoms with Gasteiger partial charge in [-0.25, -0.2) is 9.78 Å². The molecular formula is C20H21N5O6S2. The largest absolute Gasteiger partial charge is 0.478 e. The van der Waals surface area contributed by atoms with Gasteiger partial charge in [0.1, 0.15) is 23.2 Å². The van der Waals surface area contributed by atoms with Gasteiger partial charge in [0.05, 0.1) is 5.57 Å². The molecule has 1 saturated heterocycles. The second-order valence-corrected chi connectivity index (χ2v) is 9.82. The van der Waals surface area contributed by atoms with Crippen LogP contribution in [0.25, 0.3) is 0 Å². The van der Waals surface area contributed by atoms with Crippen LogP contribution in [0.3, 0.4) is 0 Å². The molecular weight excluding hydrogens is 470 g/mol. The van der Waals surface area contributed by atoms with Gasteiger partial charge in [0, 0.05) is 16.8 Å². The first-order valence-corrected chi connectivity index (χ1v) is 12.0. The summed E-state index contributed by atoms with van der Waals surface area (Å²) in [6.07, 6.45) is 8.05. The van der Waals surface area contributed by atoms with Crippen molar-refractivity contribution in [3.63, 3.8) is 0 Å². The number of hydrogen-bond donors (Lipinski definition) is 3. The zero-order valence-electron chi connectivity index (χ0n) is 17.5. The molecule has 13 heteroatoms. The third-order valence-corrected chi connectivity index (χ3v) is 7.52. The molecule has 4 rings (SSSR count). The van der Waals surface area contributed by atoms with Crippen LogP contribution in [-0.4, -0.2) is 67.7 Å². The summed E-state index contributed by atoms with van der Waals surface area (Å²) in [5.41, 5.74) is 0.206. The van der Waals surface area contributed by atoms with Crippen LogP contribution in [0.15, 0.2) is 34.5 Å². The zero-order chi connectivity index (χ0) is 23.5. The van der Waals surface area contributed by atoms with Gasteiger partial charge in [-0.3, -0.25) is 14.4 Å². The number of thioether (sulfide) groups is 1. The van der Waals surface area contributed by atoms with Crippen LogP contribution < -0.4 is 10.6 Å². The van der Waals surface area contributed by atoms with Crippen LogP contribution in [-0.2, 0) is 24.0 Å². The van der Waals surface area contributed by atoms with Crippen molar-refractivity contribution in [2.24, 2.45) is 5.16 Å². The molecule has 1 aromatic rings. The normalized spacial score (nSPS) is 26.6. The molecule has 3 unspecified atom stereocenters. The molecule has 0 aromatic carbocycles. The van der Waals surface area contributed by atoms with Crippen LogP contribution in [0.4, 0.5) is 5.13 Å². The summed E-state index contributed by atoms with van der Waals surface area (Å²) >= 11 is 2.39. The molecule has 1 fully saturated rings. The van der Waals surface area contributed by atoms with E-state index in [0.29, 0.717) is 6.41 Å². The molecule has 33 heavy (non-hydrogen) atoms. The lowest BCUT2D eigenvalue weighted by molar-refractivity contribution is -0.144. The third kappa shape index (κ3) is 4.78. The number of oxime groups is 1. The Morgan fingerprint density at radius 2 is 2.24 bits per heavy atom. The summed E-state index contributed by atoms with van der Waals surface area (Å²) in [5.74, 6) is -2.15. The van der Waals surface area contributed by atoms with E-state index in [1.54, 1.807) is 12.3 Å². The van der Waals surface area contributed by atoms with Crippen LogP contribution >= 0.6 is 23.1 Å². The Morgan fingerprint density at radius 3 is 2.94 bits per heavy atom. The number of anilines is 1. The maximum Gasteiger partial charge on any atom is 0.334 e. The highest BCUT2D eigenvalue weighted by Crippen LogP contribution is 2.40. The molecule has 3 heterocycles. The Balaban J connectivity index is 1.52. The number of β-lactam (4-membered cyclic amide) rings is 1. The molecule has 4 atom stereocenters. The van der Waals surface area contributed by atoms with E-state index in [9.17, 15) is 24.3 Å². The van der Waals surface area contributed by atoms with E-state index in [-0.39, 0.29) is 33.5 Å². The van der Waals surface area contributed by atoms with Crippen molar-refractivity contribution in [1.82, 2.24) is 15.2 Å². The average Bonchev–Trinajstić information content (AvgIpc) is 3.26. The number of amides is 3. The predicted molar refractivity (Wildman–Crippen MR) is 122 cm³/mol. The Hall–Kier alpha value is -3.19. The predicted octanol–water partition coefficient (Wildman–Crippen LogP) is 1.30. The van der Waals surface area contributed by atoms with E-state index < -0.39 is 29.2 Å². The van der Waals surface area contributed by atoms with Crippen molar-refractivity contribution < 1.29 is 29.1 Å². The fraction of sp³-hybridized carbons (Fsp3) is 0.400. The Kier molecular flexibility index (Phi) is 6.79. The lowest BCUT2D eigenvalue weighted by Gasteiger charge is -2.48. The fourth-order valence-corrected chi connectivity index (χ4v) is 5.59. The smallest absolute Gasteiger partial charge is 0.334 e. The van der Waals surface area contributed by atoms with Gasteiger partial charge in [-0.05, 0) is 32.3 Å². The number of fused-ring (bicyclic) bond motifs is 1. The second-order valence-electron chi connectivity index (χ2n) is 7.50. The number of thiazole rings is 1. The molecule has 3 amide bonds. The van der Waals surface area contributed by atoms with Crippen molar-refractivity contribution in [2.45, 2.75) is 49.0 Å². The van der Waals surface area contributed by atoms with Gasteiger partial charge < -0.3 is 25.5 Å². The van der Waals surface area contributed by atoms with E-state index in [1.807, 2.05) is 12.2 Å². The number of carboxylic acid groups (broad SMARTS) is 1. The monoisotopic (exact) mass is 491 g/mol. The average molecular weight is 492 g/mol.